The predicted molar refractivity (Wildman–Crippen MR) is 90.9 cm³/mol. The number of carbonyl (C=O) groups excluding carboxylic acids is 1. The number of rotatable bonds is 5. The van der Waals surface area contributed by atoms with E-state index in [1.165, 1.54) is 11.3 Å². The zero-order chi connectivity index (χ0) is 16.5. The molecule has 3 fully saturated rings. The fraction of sp³-hybridized carbons (Fsp3) is 0.600. The fourth-order valence-electron chi connectivity index (χ4n) is 3.53. The van der Waals surface area contributed by atoms with Gasteiger partial charge >= 0.3 is 0 Å². The van der Waals surface area contributed by atoms with Crippen LogP contribution in [-0.4, -0.2) is 57.1 Å². The molecule has 3 aliphatic heterocycles. The fourth-order valence-corrected chi connectivity index (χ4v) is 4.78. The molecule has 2 aromatic rings. The number of carbonyl (C=O) groups is 1. The standard InChI is InChI=1S/C15H19N5O2S2/c1-22-15-18-17-13(24-15)7-19-4-10-2-3-12(6-19)20(14(10)21)5-11-8-23-9-16-11/h8-10,12H,2-7H2,1H3/t10-,12+/m0/s1. The number of fused-ring (bicyclic) bond motifs is 4. The highest BCUT2D eigenvalue weighted by Gasteiger charge is 2.40. The van der Waals surface area contributed by atoms with E-state index in [-0.39, 0.29) is 17.9 Å². The minimum atomic E-state index is 0.0807. The van der Waals surface area contributed by atoms with Crippen molar-refractivity contribution in [2.24, 2.45) is 5.92 Å². The van der Waals surface area contributed by atoms with Gasteiger partial charge in [0, 0.05) is 24.5 Å². The van der Waals surface area contributed by atoms with Crippen molar-refractivity contribution < 1.29 is 9.53 Å². The zero-order valence-corrected chi connectivity index (χ0v) is 15.1. The van der Waals surface area contributed by atoms with E-state index >= 15 is 0 Å². The molecule has 0 spiro atoms. The van der Waals surface area contributed by atoms with Gasteiger partial charge in [0.25, 0.3) is 5.19 Å². The summed E-state index contributed by atoms with van der Waals surface area (Å²) in [4.78, 5) is 21.5. The number of hydrogen-bond donors (Lipinski definition) is 0. The van der Waals surface area contributed by atoms with Gasteiger partial charge < -0.3 is 9.64 Å². The van der Waals surface area contributed by atoms with Crippen LogP contribution < -0.4 is 4.74 Å². The van der Waals surface area contributed by atoms with Gasteiger partial charge in [0.15, 0.2) is 0 Å². The maximum atomic E-state index is 12.8. The van der Waals surface area contributed by atoms with Crippen LogP contribution in [-0.2, 0) is 17.9 Å². The minimum absolute atomic E-state index is 0.0807. The molecular weight excluding hydrogens is 346 g/mol. The Labute approximate surface area is 148 Å². The first-order valence-corrected chi connectivity index (χ1v) is 9.75. The summed E-state index contributed by atoms with van der Waals surface area (Å²) in [5, 5.41) is 11.7. The predicted octanol–water partition coefficient (Wildman–Crippen LogP) is 1.63. The smallest absolute Gasteiger partial charge is 0.293 e. The van der Waals surface area contributed by atoms with Gasteiger partial charge in [-0.3, -0.25) is 9.69 Å². The van der Waals surface area contributed by atoms with Crippen molar-refractivity contribution in [2.45, 2.75) is 32.0 Å². The van der Waals surface area contributed by atoms with E-state index in [1.54, 1.807) is 18.4 Å². The molecule has 3 aliphatic rings. The molecule has 3 saturated heterocycles. The number of nitrogens with zero attached hydrogens (tertiary/aromatic N) is 5. The highest BCUT2D eigenvalue weighted by Crippen LogP contribution is 2.31. The summed E-state index contributed by atoms with van der Waals surface area (Å²) in [6.45, 7) is 3.04. The number of hydrogen-bond acceptors (Lipinski definition) is 8. The van der Waals surface area contributed by atoms with E-state index in [0.29, 0.717) is 11.7 Å². The third kappa shape index (κ3) is 3.15. The van der Waals surface area contributed by atoms with Gasteiger partial charge in [-0.2, -0.15) is 0 Å². The second-order valence-electron chi connectivity index (χ2n) is 6.23. The molecule has 5 heterocycles. The van der Waals surface area contributed by atoms with Gasteiger partial charge in [0.05, 0.1) is 37.3 Å². The normalized spacial score (nSPS) is 24.4. The molecule has 2 bridgehead atoms. The Balaban J connectivity index is 1.48. The number of aromatic nitrogens is 3. The van der Waals surface area contributed by atoms with Crippen LogP contribution in [0.15, 0.2) is 10.9 Å². The third-order valence-corrected chi connectivity index (χ3v) is 6.17. The van der Waals surface area contributed by atoms with Crippen LogP contribution in [0.25, 0.3) is 0 Å². The van der Waals surface area contributed by atoms with Gasteiger partial charge in [-0.15, -0.1) is 21.5 Å². The molecule has 2 aromatic heterocycles. The van der Waals surface area contributed by atoms with Crippen LogP contribution in [0.4, 0.5) is 0 Å². The summed E-state index contributed by atoms with van der Waals surface area (Å²) in [6.07, 6.45) is 2.05. The number of ether oxygens (including phenoxy) is 1. The van der Waals surface area contributed by atoms with Gasteiger partial charge in [0.2, 0.25) is 5.91 Å². The average Bonchev–Trinajstić information content (AvgIpc) is 3.18. The molecule has 0 aliphatic carbocycles. The van der Waals surface area contributed by atoms with Gasteiger partial charge in [-0.25, -0.2) is 4.98 Å². The molecule has 0 N–H and O–H groups in total. The van der Waals surface area contributed by atoms with E-state index in [4.69, 9.17) is 4.74 Å². The molecule has 9 heteroatoms. The second kappa shape index (κ2) is 6.73. The van der Waals surface area contributed by atoms with Crippen molar-refractivity contribution in [3.05, 3.63) is 21.6 Å². The third-order valence-electron chi connectivity index (χ3n) is 4.67. The van der Waals surface area contributed by atoms with Crippen LogP contribution in [0, 0.1) is 5.92 Å². The Morgan fingerprint density at radius 3 is 2.96 bits per heavy atom. The number of piperidine rings is 1. The summed E-state index contributed by atoms with van der Waals surface area (Å²) >= 11 is 3.04. The Kier molecular flexibility index (Phi) is 4.47. The van der Waals surface area contributed by atoms with E-state index in [9.17, 15) is 4.79 Å². The Morgan fingerprint density at radius 1 is 1.29 bits per heavy atom. The van der Waals surface area contributed by atoms with Crippen LogP contribution >= 0.6 is 22.7 Å². The highest BCUT2D eigenvalue weighted by atomic mass is 32.1. The zero-order valence-electron chi connectivity index (χ0n) is 13.4. The highest BCUT2D eigenvalue weighted by molar-refractivity contribution is 7.13. The van der Waals surface area contributed by atoms with E-state index in [2.05, 4.69) is 20.1 Å². The summed E-state index contributed by atoms with van der Waals surface area (Å²) in [6, 6.07) is 0.257. The molecule has 0 aromatic carbocycles. The Hall–Kier alpha value is -1.58. The first-order chi connectivity index (χ1) is 11.7. The molecule has 0 radical (unpaired) electrons. The number of thiazole rings is 1. The summed E-state index contributed by atoms with van der Waals surface area (Å²) in [5.41, 5.74) is 2.81. The van der Waals surface area contributed by atoms with Crippen molar-refractivity contribution in [2.75, 3.05) is 20.2 Å². The van der Waals surface area contributed by atoms with Gasteiger partial charge in [-0.05, 0) is 12.8 Å². The van der Waals surface area contributed by atoms with Crippen LogP contribution in [0.3, 0.4) is 0 Å². The van der Waals surface area contributed by atoms with E-state index in [0.717, 1.165) is 43.2 Å². The lowest BCUT2D eigenvalue weighted by molar-refractivity contribution is -0.140. The number of methoxy groups -OCH3 is 1. The van der Waals surface area contributed by atoms with Crippen molar-refractivity contribution >= 4 is 28.6 Å². The molecule has 128 valence electrons. The molecule has 24 heavy (non-hydrogen) atoms. The SMILES string of the molecule is COc1nnc(CN2C[C@@H]3CC[C@H](C2)N(Cc2cscn2)C3=O)s1. The lowest BCUT2D eigenvalue weighted by atomic mass is 9.94. The Bertz CT molecular complexity index is 705. The summed E-state index contributed by atoms with van der Waals surface area (Å²) < 4.78 is 5.11. The maximum absolute atomic E-state index is 12.8. The molecule has 2 atom stereocenters. The van der Waals surface area contributed by atoms with E-state index in [1.807, 2.05) is 15.8 Å². The van der Waals surface area contributed by atoms with Crippen molar-refractivity contribution in [3.8, 4) is 5.19 Å². The van der Waals surface area contributed by atoms with E-state index < -0.39 is 0 Å². The maximum Gasteiger partial charge on any atom is 0.293 e. The first kappa shape index (κ1) is 15.9. The lowest BCUT2D eigenvalue weighted by Crippen LogP contribution is -2.47. The van der Waals surface area contributed by atoms with Gasteiger partial charge in [0.1, 0.15) is 5.01 Å². The monoisotopic (exact) mass is 365 g/mol. The summed E-state index contributed by atoms with van der Waals surface area (Å²) in [5.74, 6) is 0.355. The van der Waals surface area contributed by atoms with Crippen molar-refractivity contribution in [1.82, 2.24) is 25.0 Å². The van der Waals surface area contributed by atoms with Crippen LogP contribution in [0.5, 0.6) is 5.19 Å². The van der Waals surface area contributed by atoms with Crippen molar-refractivity contribution in [1.29, 1.82) is 0 Å². The summed E-state index contributed by atoms with van der Waals surface area (Å²) in [7, 11) is 1.60. The van der Waals surface area contributed by atoms with Gasteiger partial charge in [-0.1, -0.05) is 11.3 Å². The van der Waals surface area contributed by atoms with Crippen molar-refractivity contribution in [3.63, 3.8) is 0 Å². The lowest BCUT2D eigenvalue weighted by Gasteiger charge is -2.35. The molecule has 1 amide bonds. The quantitative estimate of drug-likeness (QED) is 0.802. The topological polar surface area (TPSA) is 71.5 Å². The Morgan fingerprint density at radius 2 is 2.21 bits per heavy atom. The molecule has 7 nitrogen and oxygen atoms in total. The molecule has 0 unspecified atom stereocenters. The largest absolute Gasteiger partial charge is 0.472 e. The number of amides is 1. The minimum Gasteiger partial charge on any atom is -0.472 e. The molecule has 5 rings (SSSR count). The van der Waals surface area contributed by atoms with Crippen LogP contribution in [0.2, 0.25) is 0 Å². The molecule has 0 saturated carbocycles. The average molecular weight is 365 g/mol. The molecular formula is C15H19N5O2S2. The van der Waals surface area contributed by atoms with Crippen LogP contribution in [0.1, 0.15) is 23.5 Å². The second-order valence-corrected chi connectivity index (χ2v) is 7.98. The first-order valence-electron chi connectivity index (χ1n) is 7.99.